The van der Waals surface area contributed by atoms with Crippen molar-refractivity contribution in [2.24, 2.45) is 0 Å². The van der Waals surface area contributed by atoms with Gasteiger partial charge in [-0.25, -0.2) is 4.98 Å². The Hall–Kier alpha value is -2.07. The van der Waals surface area contributed by atoms with Gasteiger partial charge in [-0.15, -0.1) is 0 Å². The van der Waals surface area contributed by atoms with Crippen LogP contribution in [0.15, 0.2) is 36.4 Å². The van der Waals surface area contributed by atoms with Crippen molar-refractivity contribution in [2.75, 3.05) is 23.8 Å². The SMILES string of the molecule is CCNc1ccc(Cl)c(C(=O)N(C)c2cccc(C)c2)n1. The number of anilines is 2. The summed E-state index contributed by atoms with van der Waals surface area (Å²) in [6.07, 6.45) is 0. The monoisotopic (exact) mass is 303 g/mol. The van der Waals surface area contributed by atoms with Crippen molar-refractivity contribution >= 4 is 29.0 Å². The summed E-state index contributed by atoms with van der Waals surface area (Å²) in [5.74, 6) is 0.410. The van der Waals surface area contributed by atoms with Crippen LogP contribution in [0, 0.1) is 6.92 Å². The maximum Gasteiger partial charge on any atom is 0.278 e. The number of nitrogens with zero attached hydrogens (tertiary/aromatic N) is 2. The Morgan fingerprint density at radius 1 is 1.33 bits per heavy atom. The highest BCUT2D eigenvalue weighted by Gasteiger charge is 2.19. The van der Waals surface area contributed by atoms with Gasteiger partial charge in [-0.2, -0.15) is 0 Å². The molecule has 1 amide bonds. The van der Waals surface area contributed by atoms with Gasteiger partial charge in [-0.1, -0.05) is 23.7 Å². The van der Waals surface area contributed by atoms with E-state index < -0.39 is 0 Å². The summed E-state index contributed by atoms with van der Waals surface area (Å²) < 4.78 is 0. The number of aryl methyl sites for hydroxylation is 1. The average Bonchev–Trinajstić information content (AvgIpc) is 2.48. The van der Waals surface area contributed by atoms with Gasteiger partial charge in [0.05, 0.1) is 5.02 Å². The Morgan fingerprint density at radius 2 is 2.10 bits per heavy atom. The largest absolute Gasteiger partial charge is 0.370 e. The Kier molecular flexibility index (Phi) is 4.81. The van der Waals surface area contributed by atoms with Crippen LogP contribution in [0.4, 0.5) is 11.5 Å². The number of aromatic nitrogens is 1. The van der Waals surface area contributed by atoms with Gasteiger partial charge < -0.3 is 10.2 Å². The third-order valence-corrected chi connectivity index (χ3v) is 3.41. The molecule has 1 aromatic carbocycles. The molecule has 0 aliphatic heterocycles. The van der Waals surface area contributed by atoms with Crippen molar-refractivity contribution in [1.82, 2.24) is 4.98 Å². The van der Waals surface area contributed by atoms with Gasteiger partial charge in [-0.3, -0.25) is 4.79 Å². The van der Waals surface area contributed by atoms with E-state index in [1.54, 1.807) is 24.1 Å². The smallest absolute Gasteiger partial charge is 0.278 e. The van der Waals surface area contributed by atoms with Crippen LogP contribution in [-0.2, 0) is 0 Å². The van der Waals surface area contributed by atoms with Crippen LogP contribution in [0.5, 0.6) is 0 Å². The molecule has 0 bridgehead atoms. The van der Waals surface area contributed by atoms with E-state index in [9.17, 15) is 4.79 Å². The lowest BCUT2D eigenvalue weighted by Gasteiger charge is -2.18. The quantitative estimate of drug-likeness (QED) is 0.935. The summed E-state index contributed by atoms with van der Waals surface area (Å²) in [5.41, 5.74) is 2.15. The highest BCUT2D eigenvalue weighted by atomic mass is 35.5. The van der Waals surface area contributed by atoms with Crippen LogP contribution >= 0.6 is 11.6 Å². The maximum absolute atomic E-state index is 12.6. The van der Waals surface area contributed by atoms with Crippen LogP contribution in [0.1, 0.15) is 23.0 Å². The molecular weight excluding hydrogens is 286 g/mol. The first-order chi connectivity index (χ1) is 10.0. The number of halogens is 1. The number of carbonyl (C=O) groups excluding carboxylic acids is 1. The number of benzene rings is 1. The van der Waals surface area contributed by atoms with E-state index in [1.807, 2.05) is 38.1 Å². The summed E-state index contributed by atoms with van der Waals surface area (Å²) in [4.78, 5) is 18.4. The first kappa shape index (κ1) is 15.3. The predicted molar refractivity (Wildman–Crippen MR) is 87.3 cm³/mol. The van der Waals surface area contributed by atoms with E-state index >= 15 is 0 Å². The van der Waals surface area contributed by atoms with Gasteiger partial charge in [-0.05, 0) is 43.7 Å². The Balaban J connectivity index is 2.32. The zero-order chi connectivity index (χ0) is 15.4. The molecule has 1 aromatic heterocycles. The lowest BCUT2D eigenvalue weighted by atomic mass is 10.2. The molecule has 0 fully saturated rings. The first-order valence-electron chi connectivity index (χ1n) is 6.78. The Labute approximate surface area is 129 Å². The van der Waals surface area contributed by atoms with Crippen LogP contribution in [0.25, 0.3) is 0 Å². The molecule has 21 heavy (non-hydrogen) atoms. The zero-order valence-electron chi connectivity index (χ0n) is 12.4. The van der Waals surface area contributed by atoms with Gasteiger partial charge in [0.1, 0.15) is 11.5 Å². The molecule has 0 radical (unpaired) electrons. The molecule has 110 valence electrons. The van der Waals surface area contributed by atoms with Gasteiger partial charge >= 0.3 is 0 Å². The van der Waals surface area contributed by atoms with E-state index in [-0.39, 0.29) is 11.6 Å². The Morgan fingerprint density at radius 3 is 2.76 bits per heavy atom. The van der Waals surface area contributed by atoms with Gasteiger partial charge in [0.2, 0.25) is 0 Å². The number of nitrogens with one attached hydrogen (secondary N) is 1. The summed E-state index contributed by atoms with van der Waals surface area (Å²) in [7, 11) is 1.72. The summed E-state index contributed by atoms with van der Waals surface area (Å²) in [6.45, 7) is 4.69. The second-order valence-electron chi connectivity index (χ2n) is 4.76. The second kappa shape index (κ2) is 6.59. The van der Waals surface area contributed by atoms with Gasteiger partial charge in [0.25, 0.3) is 5.91 Å². The topological polar surface area (TPSA) is 45.2 Å². The standard InChI is InChI=1S/C16H18ClN3O/c1-4-18-14-9-8-13(17)15(19-14)16(21)20(3)12-7-5-6-11(2)10-12/h5-10H,4H2,1-3H3,(H,18,19). The van der Waals surface area contributed by atoms with E-state index in [0.29, 0.717) is 10.8 Å². The fourth-order valence-electron chi connectivity index (χ4n) is 1.98. The number of hydrogen-bond donors (Lipinski definition) is 1. The van der Waals surface area contributed by atoms with E-state index in [1.165, 1.54) is 0 Å². The summed E-state index contributed by atoms with van der Waals surface area (Å²) in [6, 6.07) is 11.2. The molecule has 4 nitrogen and oxygen atoms in total. The van der Waals surface area contributed by atoms with E-state index in [2.05, 4.69) is 10.3 Å². The minimum atomic E-state index is -0.231. The zero-order valence-corrected chi connectivity index (χ0v) is 13.1. The maximum atomic E-state index is 12.6. The normalized spacial score (nSPS) is 10.3. The van der Waals surface area contributed by atoms with Crippen LogP contribution in [0.2, 0.25) is 5.02 Å². The molecule has 0 saturated carbocycles. The van der Waals surface area contributed by atoms with Crippen LogP contribution < -0.4 is 10.2 Å². The minimum Gasteiger partial charge on any atom is -0.370 e. The van der Waals surface area contributed by atoms with Crippen molar-refractivity contribution in [3.63, 3.8) is 0 Å². The van der Waals surface area contributed by atoms with Crippen molar-refractivity contribution < 1.29 is 4.79 Å². The van der Waals surface area contributed by atoms with Gasteiger partial charge in [0.15, 0.2) is 0 Å². The lowest BCUT2D eigenvalue weighted by Crippen LogP contribution is -2.27. The highest BCUT2D eigenvalue weighted by molar-refractivity contribution is 6.34. The minimum absolute atomic E-state index is 0.231. The van der Waals surface area contributed by atoms with Crippen LogP contribution in [0.3, 0.4) is 0 Å². The van der Waals surface area contributed by atoms with E-state index in [4.69, 9.17) is 11.6 Å². The van der Waals surface area contributed by atoms with Crippen molar-refractivity contribution in [3.8, 4) is 0 Å². The molecule has 0 aliphatic rings. The molecule has 0 atom stereocenters. The van der Waals surface area contributed by atoms with E-state index in [0.717, 1.165) is 17.8 Å². The third kappa shape index (κ3) is 3.52. The number of amides is 1. The number of carbonyl (C=O) groups is 1. The number of rotatable bonds is 4. The van der Waals surface area contributed by atoms with Gasteiger partial charge in [0, 0.05) is 19.3 Å². The fourth-order valence-corrected chi connectivity index (χ4v) is 2.17. The molecular formula is C16H18ClN3O. The van der Waals surface area contributed by atoms with Crippen LogP contribution in [-0.4, -0.2) is 24.5 Å². The fraction of sp³-hybridized carbons (Fsp3) is 0.250. The lowest BCUT2D eigenvalue weighted by molar-refractivity contribution is 0.0988. The predicted octanol–water partition coefficient (Wildman–Crippen LogP) is 3.75. The number of hydrogen-bond acceptors (Lipinski definition) is 3. The molecule has 2 rings (SSSR count). The molecule has 5 heteroatoms. The third-order valence-electron chi connectivity index (χ3n) is 3.10. The van der Waals surface area contributed by atoms with Crippen molar-refractivity contribution in [2.45, 2.75) is 13.8 Å². The van der Waals surface area contributed by atoms with Crippen molar-refractivity contribution in [3.05, 3.63) is 52.7 Å². The molecule has 1 heterocycles. The molecule has 1 N–H and O–H groups in total. The molecule has 2 aromatic rings. The molecule has 0 saturated heterocycles. The summed E-state index contributed by atoms with van der Waals surface area (Å²) in [5, 5.41) is 3.43. The molecule has 0 aliphatic carbocycles. The second-order valence-corrected chi connectivity index (χ2v) is 5.17. The van der Waals surface area contributed by atoms with Crippen molar-refractivity contribution in [1.29, 1.82) is 0 Å². The average molecular weight is 304 g/mol. The highest BCUT2D eigenvalue weighted by Crippen LogP contribution is 2.21. The molecule has 0 spiro atoms. The first-order valence-corrected chi connectivity index (χ1v) is 7.16. The molecule has 0 unspecified atom stereocenters. The number of pyridine rings is 1. The summed E-state index contributed by atoms with van der Waals surface area (Å²) >= 11 is 6.12. The Bertz CT molecular complexity index is 658.